The number of hydrogen-bond donors (Lipinski definition) is 3. The predicted octanol–water partition coefficient (Wildman–Crippen LogP) is 0.576. The molecule has 1 aromatic heterocycles. The molecule has 0 spiro atoms. The molecular weight excluding hydrogens is 404 g/mol. The van der Waals surface area contributed by atoms with Gasteiger partial charge in [0.1, 0.15) is 5.01 Å². The quantitative estimate of drug-likeness (QED) is 0.321. The number of nitrogens with zero attached hydrogens (tertiary/aromatic N) is 1. The summed E-state index contributed by atoms with van der Waals surface area (Å²) < 4.78 is 4.95. The highest BCUT2D eigenvalue weighted by atomic mass is 32.2. The third kappa shape index (κ3) is 7.00. The van der Waals surface area contributed by atoms with E-state index in [-0.39, 0.29) is 17.7 Å². The Morgan fingerprint density at radius 3 is 2.57 bits per heavy atom. The van der Waals surface area contributed by atoms with Crippen LogP contribution in [0.1, 0.15) is 21.1 Å². The maximum atomic E-state index is 12.2. The van der Waals surface area contributed by atoms with Crippen LogP contribution in [0.2, 0.25) is 0 Å². The Hall–Kier alpha value is -2.92. The van der Waals surface area contributed by atoms with E-state index in [4.69, 9.17) is 10.5 Å². The van der Waals surface area contributed by atoms with Crippen molar-refractivity contribution >= 4 is 46.8 Å². The maximum Gasteiger partial charge on any atom is 0.339 e. The molecule has 0 saturated carbocycles. The number of rotatable bonds is 8. The summed E-state index contributed by atoms with van der Waals surface area (Å²) in [6, 6.07) is 6.49. The summed E-state index contributed by atoms with van der Waals surface area (Å²) in [6.07, 6.45) is 0.0308. The number of nitrogens with one attached hydrogen (secondary N) is 2. The number of carbonyl (C=O) groups is 4. The third-order valence-corrected chi connectivity index (χ3v) is 5.19. The number of thioether (sulfide) groups is 1. The SMILES string of the molecule is Cc1csc(CC(=O)NNC(=O)COC(=O)c2ccccc2SCC(N)=O)n1. The normalized spacial score (nSPS) is 10.2. The van der Waals surface area contributed by atoms with Crippen LogP contribution in [0.3, 0.4) is 0 Å². The Morgan fingerprint density at radius 1 is 1.18 bits per heavy atom. The minimum Gasteiger partial charge on any atom is -0.452 e. The summed E-state index contributed by atoms with van der Waals surface area (Å²) >= 11 is 2.44. The van der Waals surface area contributed by atoms with Gasteiger partial charge in [-0.3, -0.25) is 25.2 Å². The Labute approximate surface area is 169 Å². The zero-order valence-corrected chi connectivity index (χ0v) is 16.5. The molecule has 0 fully saturated rings. The highest BCUT2D eigenvalue weighted by Crippen LogP contribution is 2.22. The molecule has 1 heterocycles. The number of thiazole rings is 1. The lowest BCUT2D eigenvalue weighted by molar-refractivity contribution is -0.130. The van der Waals surface area contributed by atoms with Crippen molar-refractivity contribution < 1.29 is 23.9 Å². The van der Waals surface area contributed by atoms with Crippen LogP contribution < -0.4 is 16.6 Å². The smallest absolute Gasteiger partial charge is 0.339 e. The third-order valence-electron chi connectivity index (χ3n) is 3.13. The van der Waals surface area contributed by atoms with Crippen LogP contribution in [-0.4, -0.2) is 41.0 Å². The monoisotopic (exact) mass is 422 g/mol. The summed E-state index contributed by atoms with van der Waals surface area (Å²) in [4.78, 5) is 51.2. The van der Waals surface area contributed by atoms with Crippen molar-refractivity contribution in [3.63, 3.8) is 0 Å². The first kappa shape index (κ1) is 21.4. The van der Waals surface area contributed by atoms with Crippen LogP contribution in [0, 0.1) is 6.92 Å². The van der Waals surface area contributed by atoms with Crippen LogP contribution in [0.5, 0.6) is 0 Å². The fourth-order valence-corrected chi connectivity index (χ4v) is 3.51. The first-order chi connectivity index (χ1) is 13.3. The molecular formula is C17H18N4O5S2. The van der Waals surface area contributed by atoms with Crippen molar-refractivity contribution in [2.24, 2.45) is 5.73 Å². The van der Waals surface area contributed by atoms with Crippen molar-refractivity contribution in [1.82, 2.24) is 15.8 Å². The molecule has 28 heavy (non-hydrogen) atoms. The minimum atomic E-state index is -0.729. The highest BCUT2D eigenvalue weighted by molar-refractivity contribution is 8.00. The summed E-state index contributed by atoms with van der Waals surface area (Å²) in [5.41, 5.74) is 10.5. The van der Waals surface area contributed by atoms with E-state index in [0.717, 1.165) is 17.5 Å². The van der Waals surface area contributed by atoms with Crippen LogP contribution in [-0.2, 0) is 25.5 Å². The molecule has 4 N–H and O–H groups in total. The summed E-state index contributed by atoms with van der Waals surface area (Å²) in [6.45, 7) is 1.24. The lowest BCUT2D eigenvalue weighted by atomic mass is 10.2. The Kier molecular flexibility index (Phi) is 7.96. The number of aromatic nitrogens is 1. The number of aryl methyl sites for hydroxylation is 1. The molecule has 1 aromatic carbocycles. The van der Waals surface area contributed by atoms with Crippen LogP contribution in [0.15, 0.2) is 34.5 Å². The second-order valence-corrected chi connectivity index (χ2v) is 7.44. The van der Waals surface area contributed by atoms with Crippen molar-refractivity contribution in [1.29, 1.82) is 0 Å². The molecule has 3 amide bonds. The zero-order valence-electron chi connectivity index (χ0n) is 14.9. The molecule has 0 unspecified atom stereocenters. The molecule has 0 atom stereocenters. The average Bonchev–Trinajstić information content (AvgIpc) is 3.07. The van der Waals surface area contributed by atoms with Gasteiger partial charge in [-0.25, -0.2) is 9.78 Å². The van der Waals surface area contributed by atoms with E-state index < -0.39 is 30.3 Å². The van der Waals surface area contributed by atoms with E-state index in [2.05, 4.69) is 15.8 Å². The van der Waals surface area contributed by atoms with Gasteiger partial charge in [0.15, 0.2) is 6.61 Å². The van der Waals surface area contributed by atoms with Gasteiger partial charge in [0, 0.05) is 16.0 Å². The standard InChI is InChI=1S/C17H18N4O5S2/c1-10-8-28-16(19-10)6-14(23)20-21-15(24)7-26-17(25)11-4-2-3-5-12(11)27-9-13(18)22/h2-5,8H,6-7,9H2,1H3,(H2,18,22)(H,20,23)(H,21,24). The lowest BCUT2D eigenvalue weighted by Gasteiger charge is -2.09. The van der Waals surface area contributed by atoms with Crippen molar-refractivity contribution in [2.75, 3.05) is 12.4 Å². The first-order valence-corrected chi connectivity index (χ1v) is 9.87. The topological polar surface area (TPSA) is 140 Å². The number of hydrazine groups is 1. The highest BCUT2D eigenvalue weighted by Gasteiger charge is 2.15. The molecule has 0 saturated heterocycles. The second kappa shape index (κ2) is 10.4. The molecule has 0 aliphatic heterocycles. The van der Waals surface area contributed by atoms with E-state index in [1.54, 1.807) is 18.2 Å². The molecule has 0 aliphatic rings. The van der Waals surface area contributed by atoms with Gasteiger partial charge in [-0.05, 0) is 19.1 Å². The predicted molar refractivity (Wildman–Crippen MR) is 103 cm³/mol. The van der Waals surface area contributed by atoms with Crippen LogP contribution in [0.4, 0.5) is 0 Å². The van der Waals surface area contributed by atoms with Gasteiger partial charge < -0.3 is 10.5 Å². The molecule has 0 aliphatic carbocycles. The number of benzene rings is 1. The number of amides is 3. The lowest BCUT2D eigenvalue weighted by Crippen LogP contribution is -2.44. The molecule has 0 bridgehead atoms. The van der Waals surface area contributed by atoms with Crippen molar-refractivity contribution in [3.8, 4) is 0 Å². The van der Waals surface area contributed by atoms with E-state index in [9.17, 15) is 19.2 Å². The Bertz CT molecular complexity index is 884. The van der Waals surface area contributed by atoms with E-state index in [0.29, 0.717) is 9.90 Å². The van der Waals surface area contributed by atoms with Gasteiger partial charge in [0.05, 0.1) is 17.7 Å². The van der Waals surface area contributed by atoms with Gasteiger partial charge in [-0.15, -0.1) is 23.1 Å². The average molecular weight is 422 g/mol. The van der Waals surface area contributed by atoms with Crippen LogP contribution >= 0.6 is 23.1 Å². The van der Waals surface area contributed by atoms with Crippen molar-refractivity contribution in [2.45, 2.75) is 18.2 Å². The fraction of sp³-hybridized carbons (Fsp3) is 0.235. The Morgan fingerprint density at radius 2 is 1.89 bits per heavy atom. The number of hydrogen-bond acceptors (Lipinski definition) is 8. The van der Waals surface area contributed by atoms with Gasteiger partial charge >= 0.3 is 5.97 Å². The Balaban J connectivity index is 1.78. The van der Waals surface area contributed by atoms with E-state index in [1.165, 1.54) is 17.4 Å². The molecule has 11 heteroatoms. The number of carbonyl (C=O) groups excluding carboxylic acids is 4. The van der Waals surface area contributed by atoms with E-state index in [1.807, 2.05) is 12.3 Å². The van der Waals surface area contributed by atoms with Gasteiger partial charge in [0.25, 0.3) is 5.91 Å². The molecule has 9 nitrogen and oxygen atoms in total. The number of esters is 1. The van der Waals surface area contributed by atoms with Crippen molar-refractivity contribution in [3.05, 3.63) is 45.9 Å². The molecule has 2 aromatic rings. The summed E-state index contributed by atoms with van der Waals surface area (Å²) in [7, 11) is 0. The minimum absolute atomic E-state index is 0.00936. The first-order valence-electron chi connectivity index (χ1n) is 8.01. The summed E-state index contributed by atoms with van der Waals surface area (Å²) in [5, 5.41) is 2.45. The van der Waals surface area contributed by atoms with Crippen LogP contribution in [0.25, 0.3) is 0 Å². The molecule has 148 valence electrons. The second-order valence-electron chi connectivity index (χ2n) is 5.48. The number of nitrogens with two attached hydrogens (primary N) is 1. The molecule has 0 radical (unpaired) electrons. The molecule has 2 rings (SSSR count). The van der Waals surface area contributed by atoms with Gasteiger partial charge in [-0.1, -0.05) is 12.1 Å². The maximum absolute atomic E-state index is 12.2. The zero-order chi connectivity index (χ0) is 20.5. The summed E-state index contributed by atoms with van der Waals surface area (Å²) in [5.74, 6) is -2.37. The van der Waals surface area contributed by atoms with Gasteiger partial charge in [-0.2, -0.15) is 0 Å². The fourth-order valence-electron chi connectivity index (χ4n) is 1.96. The number of primary amides is 1. The van der Waals surface area contributed by atoms with E-state index >= 15 is 0 Å². The number of ether oxygens (including phenoxy) is 1. The largest absolute Gasteiger partial charge is 0.452 e. The van der Waals surface area contributed by atoms with Gasteiger partial charge in [0.2, 0.25) is 11.8 Å².